The van der Waals surface area contributed by atoms with Gasteiger partial charge in [0.25, 0.3) is 0 Å². The van der Waals surface area contributed by atoms with Gasteiger partial charge in [0.2, 0.25) is 5.91 Å². The van der Waals surface area contributed by atoms with Crippen molar-refractivity contribution in [3.05, 3.63) is 76.5 Å². The summed E-state index contributed by atoms with van der Waals surface area (Å²) in [5.74, 6) is -0.0998. The molecular weight excluding hydrogens is 592 g/mol. The fourth-order valence-corrected chi connectivity index (χ4v) is 5.41. The van der Waals surface area contributed by atoms with Gasteiger partial charge in [0, 0.05) is 61.6 Å². The predicted molar refractivity (Wildman–Crippen MR) is 166 cm³/mol. The number of amidine groups is 1. The molecule has 1 fully saturated rings. The van der Waals surface area contributed by atoms with E-state index in [2.05, 4.69) is 21.0 Å². The Morgan fingerprint density at radius 1 is 1.16 bits per heavy atom. The SMILES string of the molecule is CC(=O)NCC(C)C1CC(c2cc(F)c(N3CCN(C)CC3/C(N)=N/NCc3ccc(-c4ccc(Cl)cc4)o3)c(F)c2)=NO1. The highest BCUT2D eigenvalue weighted by Crippen LogP contribution is 2.31. The molecule has 0 bridgehead atoms. The van der Waals surface area contributed by atoms with Gasteiger partial charge in [0.1, 0.15) is 46.8 Å². The van der Waals surface area contributed by atoms with E-state index in [1.807, 2.05) is 43.1 Å². The number of oxime groups is 1. The molecule has 0 radical (unpaired) electrons. The first-order chi connectivity index (χ1) is 21.1. The third-order valence-electron chi connectivity index (χ3n) is 7.81. The average molecular weight is 628 g/mol. The number of nitrogens with zero attached hydrogens (tertiary/aromatic N) is 4. The molecule has 2 aliphatic heterocycles. The quantitative estimate of drug-likeness (QED) is 0.174. The van der Waals surface area contributed by atoms with Gasteiger partial charge in [-0.1, -0.05) is 23.7 Å². The van der Waals surface area contributed by atoms with Crippen LogP contribution in [0.4, 0.5) is 14.5 Å². The highest BCUT2D eigenvalue weighted by Gasteiger charge is 2.34. The lowest BCUT2D eigenvalue weighted by molar-refractivity contribution is -0.119. The van der Waals surface area contributed by atoms with E-state index in [1.165, 1.54) is 19.1 Å². The minimum absolute atomic E-state index is 0.0330. The van der Waals surface area contributed by atoms with Crippen molar-refractivity contribution in [1.29, 1.82) is 0 Å². The molecule has 2 aliphatic rings. The summed E-state index contributed by atoms with van der Waals surface area (Å²) in [5, 5.41) is 11.8. The zero-order valence-electron chi connectivity index (χ0n) is 24.8. The minimum atomic E-state index is -0.724. The van der Waals surface area contributed by atoms with Crippen LogP contribution in [-0.4, -0.2) is 67.7 Å². The van der Waals surface area contributed by atoms with Crippen LogP contribution >= 0.6 is 11.6 Å². The van der Waals surface area contributed by atoms with E-state index in [-0.39, 0.29) is 36.0 Å². The van der Waals surface area contributed by atoms with Crippen molar-refractivity contribution in [2.45, 2.75) is 39.0 Å². The summed E-state index contributed by atoms with van der Waals surface area (Å²) in [5.41, 5.74) is 10.8. The molecule has 1 aromatic heterocycles. The second-order valence-corrected chi connectivity index (χ2v) is 11.6. The van der Waals surface area contributed by atoms with Crippen LogP contribution in [0.1, 0.15) is 31.6 Å². The Kier molecular flexibility index (Phi) is 9.70. The van der Waals surface area contributed by atoms with Crippen LogP contribution in [0.5, 0.6) is 0 Å². The molecule has 3 heterocycles. The molecule has 4 N–H and O–H groups in total. The Morgan fingerprint density at radius 3 is 2.59 bits per heavy atom. The zero-order valence-corrected chi connectivity index (χ0v) is 25.6. The zero-order chi connectivity index (χ0) is 31.4. The normalized spacial score (nSPS) is 19.8. The van der Waals surface area contributed by atoms with E-state index >= 15 is 8.78 Å². The van der Waals surface area contributed by atoms with Gasteiger partial charge >= 0.3 is 0 Å². The number of amides is 1. The number of hydrogen-bond acceptors (Lipinski definition) is 8. The number of furan rings is 1. The van der Waals surface area contributed by atoms with Gasteiger partial charge in [-0.3, -0.25) is 4.79 Å². The molecule has 234 valence electrons. The van der Waals surface area contributed by atoms with E-state index in [0.29, 0.717) is 60.4 Å². The Labute approximate surface area is 259 Å². The fraction of sp³-hybridized carbons (Fsp3) is 0.387. The maximum Gasteiger partial charge on any atom is 0.216 e. The maximum atomic E-state index is 15.6. The summed E-state index contributed by atoms with van der Waals surface area (Å²) in [6.07, 6.45) is 0.0662. The van der Waals surface area contributed by atoms with Crippen LogP contribution in [-0.2, 0) is 16.2 Å². The Morgan fingerprint density at radius 2 is 1.89 bits per heavy atom. The molecule has 13 heteroatoms. The first kappa shape index (κ1) is 31.3. The summed E-state index contributed by atoms with van der Waals surface area (Å²) in [7, 11) is 1.92. The van der Waals surface area contributed by atoms with Crippen LogP contribution in [0.2, 0.25) is 5.02 Å². The van der Waals surface area contributed by atoms with Gasteiger partial charge in [-0.2, -0.15) is 5.10 Å². The molecule has 1 amide bonds. The molecule has 1 saturated heterocycles. The molecule has 0 spiro atoms. The molecule has 0 saturated carbocycles. The number of hydrogen-bond donors (Lipinski definition) is 3. The lowest BCUT2D eigenvalue weighted by Crippen LogP contribution is -2.58. The number of benzene rings is 2. The van der Waals surface area contributed by atoms with Crippen LogP contribution in [0.15, 0.2) is 63.2 Å². The van der Waals surface area contributed by atoms with Crippen LogP contribution in [0.25, 0.3) is 11.3 Å². The molecule has 5 rings (SSSR count). The first-order valence-corrected chi connectivity index (χ1v) is 14.8. The van der Waals surface area contributed by atoms with E-state index in [1.54, 1.807) is 17.0 Å². The number of carbonyl (C=O) groups is 1. The van der Waals surface area contributed by atoms with Gasteiger partial charge < -0.3 is 35.5 Å². The highest BCUT2D eigenvalue weighted by molar-refractivity contribution is 6.30. The van der Waals surface area contributed by atoms with Gasteiger partial charge in [-0.25, -0.2) is 8.78 Å². The summed E-state index contributed by atoms with van der Waals surface area (Å²) < 4.78 is 37.2. The molecule has 3 unspecified atom stereocenters. The molecular formula is C31H36ClF2N7O3. The van der Waals surface area contributed by atoms with Crippen molar-refractivity contribution in [2.75, 3.05) is 38.1 Å². The molecule has 0 aliphatic carbocycles. The van der Waals surface area contributed by atoms with Crippen LogP contribution in [0.3, 0.4) is 0 Å². The van der Waals surface area contributed by atoms with Crippen molar-refractivity contribution >= 4 is 34.7 Å². The number of rotatable bonds is 10. The monoisotopic (exact) mass is 627 g/mol. The topological polar surface area (TPSA) is 121 Å². The van der Waals surface area contributed by atoms with Gasteiger partial charge in [-0.15, -0.1) is 0 Å². The van der Waals surface area contributed by atoms with E-state index in [9.17, 15) is 4.79 Å². The second-order valence-electron chi connectivity index (χ2n) is 11.2. The van der Waals surface area contributed by atoms with Crippen LogP contribution in [0, 0.1) is 17.6 Å². The van der Waals surface area contributed by atoms with Gasteiger partial charge in [-0.05, 0) is 55.6 Å². The molecule has 44 heavy (non-hydrogen) atoms. The fourth-order valence-electron chi connectivity index (χ4n) is 5.28. The maximum absolute atomic E-state index is 15.6. The Bertz CT molecular complexity index is 1520. The van der Waals surface area contributed by atoms with E-state index in [4.69, 9.17) is 26.6 Å². The number of anilines is 1. The van der Waals surface area contributed by atoms with Crippen molar-refractivity contribution in [1.82, 2.24) is 15.6 Å². The first-order valence-electron chi connectivity index (χ1n) is 14.4. The smallest absolute Gasteiger partial charge is 0.216 e. The van der Waals surface area contributed by atoms with E-state index in [0.717, 1.165) is 5.56 Å². The summed E-state index contributed by atoms with van der Waals surface area (Å²) in [6, 6.07) is 13.0. The Balaban J connectivity index is 1.26. The number of nitrogens with two attached hydrogens (primary N) is 1. The number of likely N-dealkylation sites (N-methyl/N-ethyl adjacent to an activating group) is 1. The average Bonchev–Trinajstić information content (AvgIpc) is 3.67. The number of halogens is 3. The largest absolute Gasteiger partial charge is 0.459 e. The second kappa shape index (κ2) is 13.6. The lowest BCUT2D eigenvalue weighted by Gasteiger charge is -2.41. The number of carbonyl (C=O) groups excluding carboxylic acids is 1. The number of piperazine rings is 1. The van der Waals surface area contributed by atoms with Crippen molar-refractivity contribution in [3.63, 3.8) is 0 Å². The third kappa shape index (κ3) is 7.31. The van der Waals surface area contributed by atoms with E-state index < -0.39 is 17.7 Å². The molecule has 3 aromatic rings. The number of hydrazone groups is 1. The summed E-state index contributed by atoms with van der Waals surface area (Å²) in [4.78, 5) is 20.4. The van der Waals surface area contributed by atoms with Crippen molar-refractivity contribution in [3.8, 4) is 11.3 Å². The highest BCUT2D eigenvalue weighted by atomic mass is 35.5. The van der Waals surface area contributed by atoms with Gasteiger partial charge in [0.15, 0.2) is 0 Å². The predicted octanol–water partition coefficient (Wildman–Crippen LogP) is 4.33. The minimum Gasteiger partial charge on any atom is -0.459 e. The van der Waals surface area contributed by atoms with Crippen molar-refractivity contribution < 1.29 is 22.8 Å². The summed E-state index contributed by atoms with van der Waals surface area (Å²) in [6.45, 7) is 5.41. The molecule has 10 nitrogen and oxygen atoms in total. The summed E-state index contributed by atoms with van der Waals surface area (Å²) >= 11 is 5.97. The number of nitrogens with one attached hydrogen (secondary N) is 2. The third-order valence-corrected chi connectivity index (χ3v) is 8.07. The lowest BCUT2D eigenvalue weighted by atomic mass is 9.96. The molecule has 3 atom stereocenters. The molecule has 2 aromatic carbocycles. The Hall–Kier alpha value is -4.16. The standard InChI is InChI=1S/C31H36ClF2N7O3/c1-18(15-36-19(2)42)29-14-26(39-44-29)21-12-24(33)30(25(34)13-21)41-11-10-40(3)17-27(41)31(35)38-37-16-23-8-9-28(43-23)20-4-6-22(32)7-5-20/h4-9,12-13,18,27,29,37H,10-11,14-17H2,1-3H3,(H2,35,38)(H,36,42). The van der Waals surface area contributed by atoms with Crippen molar-refractivity contribution in [2.24, 2.45) is 21.9 Å². The van der Waals surface area contributed by atoms with Gasteiger partial charge in [0.05, 0.1) is 12.3 Å². The van der Waals surface area contributed by atoms with Crippen LogP contribution < -0.4 is 21.4 Å².